The molecule has 0 spiro atoms. The molecule has 0 unspecified atom stereocenters. The largest absolute Gasteiger partial charge is 0.467 e. The van der Waals surface area contributed by atoms with E-state index in [-0.39, 0.29) is 12.3 Å². The van der Waals surface area contributed by atoms with Crippen molar-refractivity contribution in [2.45, 2.75) is 12.5 Å². The van der Waals surface area contributed by atoms with Crippen LogP contribution in [-0.2, 0) is 20.7 Å². The van der Waals surface area contributed by atoms with Gasteiger partial charge in [0.2, 0.25) is 5.91 Å². The number of esters is 1. The van der Waals surface area contributed by atoms with Crippen molar-refractivity contribution in [2.24, 2.45) is 0 Å². The number of benzene rings is 1. The normalized spacial score (nSPS) is 11.7. The Balaban J connectivity index is 2.55. The number of hydrogen-bond donors (Lipinski definition) is 2. The monoisotopic (exact) mass is 271 g/mol. The van der Waals surface area contributed by atoms with Crippen LogP contribution in [0.5, 0.6) is 0 Å². The number of rotatable bonds is 5. The van der Waals surface area contributed by atoms with E-state index in [0.717, 1.165) is 5.56 Å². The molecular formula is C12H14ClNO4. The van der Waals surface area contributed by atoms with E-state index < -0.39 is 18.6 Å². The van der Waals surface area contributed by atoms with Crippen molar-refractivity contribution >= 4 is 23.5 Å². The van der Waals surface area contributed by atoms with Crippen LogP contribution >= 0.6 is 11.6 Å². The Hall–Kier alpha value is -1.59. The molecule has 1 aromatic carbocycles. The topological polar surface area (TPSA) is 75.6 Å². The Morgan fingerprint density at radius 3 is 2.50 bits per heavy atom. The number of aliphatic hydroxyl groups excluding tert-OH is 1. The van der Waals surface area contributed by atoms with E-state index in [4.69, 9.17) is 16.7 Å². The molecule has 2 N–H and O–H groups in total. The molecule has 1 rings (SSSR count). The maximum Gasteiger partial charge on any atom is 0.330 e. The van der Waals surface area contributed by atoms with Gasteiger partial charge in [0.15, 0.2) is 6.04 Å². The van der Waals surface area contributed by atoms with Crippen molar-refractivity contribution in [1.82, 2.24) is 5.32 Å². The summed E-state index contributed by atoms with van der Waals surface area (Å²) < 4.78 is 4.44. The lowest BCUT2D eigenvalue weighted by atomic mass is 10.1. The summed E-state index contributed by atoms with van der Waals surface area (Å²) in [6.07, 6.45) is 0.102. The van der Waals surface area contributed by atoms with Gasteiger partial charge in [-0.3, -0.25) is 4.79 Å². The Morgan fingerprint density at radius 2 is 2.00 bits per heavy atom. The number of carbonyl (C=O) groups excluding carboxylic acids is 2. The molecule has 98 valence electrons. The molecule has 0 aliphatic carbocycles. The van der Waals surface area contributed by atoms with Gasteiger partial charge in [-0.05, 0) is 17.7 Å². The highest BCUT2D eigenvalue weighted by Crippen LogP contribution is 2.09. The van der Waals surface area contributed by atoms with E-state index >= 15 is 0 Å². The van der Waals surface area contributed by atoms with Gasteiger partial charge in [0.25, 0.3) is 0 Å². The molecule has 1 aromatic rings. The predicted octanol–water partition coefficient (Wildman–Crippen LogP) is 0.533. The molecule has 5 nitrogen and oxygen atoms in total. The molecular weight excluding hydrogens is 258 g/mol. The average Bonchev–Trinajstić information content (AvgIpc) is 2.37. The first-order chi connectivity index (χ1) is 8.56. The fourth-order valence-corrected chi connectivity index (χ4v) is 1.48. The first kappa shape index (κ1) is 14.5. The number of aliphatic hydroxyl groups is 1. The third kappa shape index (κ3) is 4.35. The van der Waals surface area contributed by atoms with Gasteiger partial charge in [-0.25, -0.2) is 4.79 Å². The van der Waals surface area contributed by atoms with Crippen LogP contribution in [-0.4, -0.2) is 36.7 Å². The molecule has 6 heteroatoms. The Labute approximate surface area is 110 Å². The molecule has 0 aromatic heterocycles. The van der Waals surface area contributed by atoms with E-state index in [1.165, 1.54) is 7.11 Å². The zero-order chi connectivity index (χ0) is 13.5. The lowest BCUT2D eigenvalue weighted by Crippen LogP contribution is -2.44. The fourth-order valence-electron chi connectivity index (χ4n) is 1.35. The van der Waals surface area contributed by atoms with Gasteiger partial charge in [-0.1, -0.05) is 23.7 Å². The van der Waals surface area contributed by atoms with Crippen molar-refractivity contribution in [3.8, 4) is 0 Å². The molecule has 0 saturated carbocycles. The van der Waals surface area contributed by atoms with Gasteiger partial charge >= 0.3 is 5.97 Å². The second-order valence-electron chi connectivity index (χ2n) is 3.63. The van der Waals surface area contributed by atoms with Gasteiger partial charge in [0, 0.05) is 5.02 Å². The van der Waals surface area contributed by atoms with Crippen LogP contribution in [0.3, 0.4) is 0 Å². The zero-order valence-electron chi connectivity index (χ0n) is 9.85. The average molecular weight is 272 g/mol. The van der Waals surface area contributed by atoms with Crippen LogP contribution in [0.15, 0.2) is 24.3 Å². The van der Waals surface area contributed by atoms with Crippen molar-refractivity contribution in [1.29, 1.82) is 0 Å². The van der Waals surface area contributed by atoms with Crippen molar-refractivity contribution < 1.29 is 19.4 Å². The summed E-state index contributed by atoms with van der Waals surface area (Å²) in [4.78, 5) is 22.8. The summed E-state index contributed by atoms with van der Waals surface area (Å²) in [7, 11) is 1.19. The highest BCUT2D eigenvalue weighted by atomic mass is 35.5. The molecule has 1 atom stereocenters. The van der Waals surface area contributed by atoms with E-state index in [1.54, 1.807) is 24.3 Å². The fraction of sp³-hybridized carbons (Fsp3) is 0.333. The SMILES string of the molecule is COC(=O)[C@@H](CO)NC(=O)Cc1ccc(Cl)cc1. The molecule has 18 heavy (non-hydrogen) atoms. The van der Waals surface area contributed by atoms with Crippen LogP contribution in [0.1, 0.15) is 5.56 Å². The summed E-state index contributed by atoms with van der Waals surface area (Å²) in [5.74, 6) is -1.05. The van der Waals surface area contributed by atoms with Crippen LogP contribution in [0.4, 0.5) is 0 Å². The molecule has 0 aliphatic heterocycles. The third-order valence-electron chi connectivity index (χ3n) is 2.28. The molecule has 0 bridgehead atoms. The number of nitrogens with one attached hydrogen (secondary N) is 1. The Kier molecular flexibility index (Phi) is 5.61. The molecule has 0 aliphatic rings. The number of methoxy groups -OCH3 is 1. The smallest absolute Gasteiger partial charge is 0.330 e. The van der Waals surface area contributed by atoms with Crippen molar-refractivity contribution in [3.05, 3.63) is 34.9 Å². The van der Waals surface area contributed by atoms with Gasteiger partial charge in [-0.15, -0.1) is 0 Å². The minimum atomic E-state index is -1.03. The van der Waals surface area contributed by atoms with Gasteiger partial charge < -0.3 is 15.2 Å². The zero-order valence-corrected chi connectivity index (χ0v) is 10.6. The minimum absolute atomic E-state index is 0.102. The number of halogens is 1. The van der Waals surface area contributed by atoms with Gasteiger partial charge in [0.1, 0.15) is 0 Å². The second-order valence-corrected chi connectivity index (χ2v) is 4.07. The van der Waals surface area contributed by atoms with E-state index in [2.05, 4.69) is 10.1 Å². The number of hydrogen-bond acceptors (Lipinski definition) is 4. The van der Waals surface area contributed by atoms with Crippen LogP contribution in [0.2, 0.25) is 5.02 Å². The summed E-state index contributed by atoms with van der Waals surface area (Å²) in [5, 5.41) is 11.9. The summed E-state index contributed by atoms with van der Waals surface area (Å²) in [6.45, 7) is -0.501. The van der Waals surface area contributed by atoms with Crippen LogP contribution in [0.25, 0.3) is 0 Å². The molecule has 1 amide bonds. The number of carbonyl (C=O) groups is 2. The Bertz CT molecular complexity index is 419. The Morgan fingerprint density at radius 1 is 1.39 bits per heavy atom. The van der Waals surface area contributed by atoms with Gasteiger partial charge in [0.05, 0.1) is 20.1 Å². The first-order valence-corrected chi connectivity index (χ1v) is 5.67. The highest BCUT2D eigenvalue weighted by molar-refractivity contribution is 6.30. The van der Waals surface area contributed by atoms with Crippen LogP contribution < -0.4 is 5.32 Å². The first-order valence-electron chi connectivity index (χ1n) is 5.29. The maximum absolute atomic E-state index is 11.6. The van der Waals surface area contributed by atoms with E-state index in [0.29, 0.717) is 5.02 Å². The molecule has 0 saturated heterocycles. The van der Waals surface area contributed by atoms with Crippen LogP contribution in [0, 0.1) is 0 Å². The number of ether oxygens (including phenoxy) is 1. The molecule has 0 fully saturated rings. The summed E-state index contributed by atoms with van der Waals surface area (Å²) >= 11 is 5.72. The van der Waals surface area contributed by atoms with E-state index in [1.807, 2.05) is 0 Å². The third-order valence-corrected chi connectivity index (χ3v) is 2.53. The summed E-state index contributed by atoms with van der Waals surface area (Å²) in [5.41, 5.74) is 0.762. The molecule has 0 heterocycles. The van der Waals surface area contributed by atoms with Crippen molar-refractivity contribution in [2.75, 3.05) is 13.7 Å². The van der Waals surface area contributed by atoms with E-state index in [9.17, 15) is 9.59 Å². The second kappa shape index (κ2) is 6.98. The lowest BCUT2D eigenvalue weighted by molar-refractivity contribution is -0.146. The molecule has 0 radical (unpaired) electrons. The standard InChI is InChI=1S/C12H14ClNO4/c1-18-12(17)10(7-15)14-11(16)6-8-2-4-9(13)5-3-8/h2-5,10,15H,6-7H2,1H3,(H,14,16)/t10-/m1/s1. The number of amides is 1. The minimum Gasteiger partial charge on any atom is -0.467 e. The predicted molar refractivity (Wildman–Crippen MR) is 66.2 cm³/mol. The summed E-state index contributed by atoms with van der Waals surface area (Å²) in [6, 6.07) is 5.75. The lowest BCUT2D eigenvalue weighted by Gasteiger charge is -2.13. The van der Waals surface area contributed by atoms with Crippen molar-refractivity contribution in [3.63, 3.8) is 0 Å². The maximum atomic E-state index is 11.6. The quantitative estimate of drug-likeness (QED) is 0.766. The van der Waals surface area contributed by atoms with Gasteiger partial charge in [-0.2, -0.15) is 0 Å². The highest BCUT2D eigenvalue weighted by Gasteiger charge is 2.20.